The van der Waals surface area contributed by atoms with Crippen molar-refractivity contribution in [3.05, 3.63) is 58.6 Å². The Morgan fingerprint density at radius 1 is 1.05 bits per heavy atom. The molecule has 1 amide bonds. The summed E-state index contributed by atoms with van der Waals surface area (Å²) < 4.78 is 25.0. The van der Waals surface area contributed by atoms with Crippen LogP contribution in [0.3, 0.4) is 0 Å². The van der Waals surface area contributed by atoms with Crippen molar-refractivity contribution in [2.75, 3.05) is 22.9 Å². The number of sulfonamides is 1. The fourth-order valence-electron chi connectivity index (χ4n) is 1.75. The van der Waals surface area contributed by atoms with E-state index in [2.05, 4.69) is 21.2 Å². The van der Waals surface area contributed by atoms with Gasteiger partial charge in [-0.2, -0.15) is 0 Å². The average Bonchev–Trinajstić information content (AvgIpc) is 2.48. The van der Waals surface area contributed by atoms with Crippen LogP contribution in [0.15, 0.2) is 53.0 Å². The monoisotopic (exact) mass is 382 g/mol. The standard InChI is InChI=1S/C15H15BrN2O3S/c1-18(22(2,20)21)14-9-3-11(4-10-14)15(19)17-13-7-5-12(16)6-8-13/h3-10H,1-2H3,(H,17,19). The van der Waals surface area contributed by atoms with E-state index in [-0.39, 0.29) is 5.91 Å². The van der Waals surface area contributed by atoms with E-state index < -0.39 is 10.0 Å². The van der Waals surface area contributed by atoms with Crippen molar-refractivity contribution in [2.45, 2.75) is 0 Å². The zero-order chi connectivity index (χ0) is 16.3. The zero-order valence-electron chi connectivity index (χ0n) is 12.1. The molecule has 0 saturated heterocycles. The second-order valence-corrected chi connectivity index (χ2v) is 7.67. The van der Waals surface area contributed by atoms with Gasteiger partial charge in [-0.1, -0.05) is 15.9 Å². The van der Waals surface area contributed by atoms with Crippen molar-refractivity contribution in [1.82, 2.24) is 0 Å². The van der Waals surface area contributed by atoms with Gasteiger partial charge in [0.15, 0.2) is 0 Å². The predicted molar refractivity (Wildman–Crippen MR) is 91.8 cm³/mol. The number of nitrogens with one attached hydrogen (secondary N) is 1. The van der Waals surface area contributed by atoms with E-state index in [0.29, 0.717) is 16.9 Å². The first-order valence-corrected chi connectivity index (χ1v) is 9.02. The predicted octanol–water partition coefficient (Wildman–Crippen LogP) is 3.10. The quantitative estimate of drug-likeness (QED) is 0.883. The van der Waals surface area contributed by atoms with Crippen LogP contribution in [-0.2, 0) is 10.0 Å². The summed E-state index contributed by atoms with van der Waals surface area (Å²) in [5, 5.41) is 2.77. The van der Waals surface area contributed by atoms with Gasteiger partial charge in [0.05, 0.1) is 11.9 Å². The molecule has 2 rings (SSSR count). The Morgan fingerprint density at radius 2 is 1.59 bits per heavy atom. The number of rotatable bonds is 4. The summed E-state index contributed by atoms with van der Waals surface area (Å²) >= 11 is 3.33. The molecule has 0 atom stereocenters. The molecule has 0 saturated carbocycles. The van der Waals surface area contributed by atoms with Crippen molar-refractivity contribution in [1.29, 1.82) is 0 Å². The highest BCUT2D eigenvalue weighted by Crippen LogP contribution is 2.18. The van der Waals surface area contributed by atoms with Gasteiger partial charge < -0.3 is 5.32 Å². The smallest absolute Gasteiger partial charge is 0.255 e. The first-order chi connectivity index (χ1) is 10.3. The second-order valence-electron chi connectivity index (χ2n) is 4.74. The van der Waals surface area contributed by atoms with Gasteiger partial charge in [-0.3, -0.25) is 9.10 Å². The molecule has 0 fully saturated rings. The first-order valence-electron chi connectivity index (χ1n) is 6.38. The van der Waals surface area contributed by atoms with Crippen LogP contribution >= 0.6 is 15.9 Å². The largest absolute Gasteiger partial charge is 0.322 e. The molecule has 2 aromatic carbocycles. The number of carbonyl (C=O) groups is 1. The fourth-order valence-corrected chi connectivity index (χ4v) is 2.52. The lowest BCUT2D eigenvalue weighted by molar-refractivity contribution is 0.102. The molecule has 2 aromatic rings. The summed E-state index contributed by atoms with van der Waals surface area (Å²) in [6, 6.07) is 13.6. The Hall–Kier alpha value is -1.86. The van der Waals surface area contributed by atoms with E-state index in [1.807, 2.05) is 12.1 Å². The highest BCUT2D eigenvalue weighted by Gasteiger charge is 2.13. The third kappa shape index (κ3) is 4.08. The van der Waals surface area contributed by atoms with Crippen molar-refractivity contribution in [2.24, 2.45) is 0 Å². The summed E-state index contributed by atoms with van der Waals surface area (Å²) in [5.41, 5.74) is 1.64. The summed E-state index contributed by atoms with van der Waals surface area (Å²) in [7, 11) is -1.85. The van der Waals surface area contributed by atoms with E-state index >= 15 is 0 Å². The Labute approximate surface area is 138 Å². The number of halogens is 1. The summed E-state index contributed by atoms with van der Waals surface area (Å²) in [4.78, 5) is 12.1. The molecule has 5 nitrogen and oxygen atoms in total. The number of hydrogen-bond donors (Lipinski definition) is 1. The minimum absolute atomic E-state index is 0.254. The molecule has 0 spiro atoms. The molecule has 7 heteroatoms. The maximum atomic E-state index is 12.1. The van der Waals surface area contributed by atoms with Crippen LogP contribution in [0.25, 0.3) is 0 Å². The lowest BCUT2D eigenvalue weighted by Crippen LogP contribution is -2.24. The Morgan fingerprint density at radius 3 is 2.09 bits per heavy atom. The maximum Gasteiger partial charge on any atom is 0.255 e. The van der Waals surface area contributed by atoms with Crippen molar-refractivity contribution < 1.29 is 13.2 Å². The van der Waals surface area contributed by atoms with Gasteiger partial charge in [-0.05, 0) is 48.5 Å². The number of anilines is 2. The summed E-state index contributed by atoms with van der Waals surface area (Å²) in [6.45, 7) is 0. The highest BCUT2D eigenvalue weighted by molar-refractivity contribution is 9.10. The number of nitrogens with zero attached hydrogens (tertiary/aromatic N) is 1. The first kappa shape index (κ1) is 16.5. The molecule has 0 aromatic heterocycles. The van der Waals surface area contributed by atoms with Gasteiger partial charge >= 0.3 is 0 Å². The third-order valence-electron chi connectivity index (χ3n) is 3.09. The SMILES string of the molecule is CN(c1ccc(C(=O)Nc2ccc(Br)cc2)cc1)S(C)(=O)=O. The molecule has 22 heavy (non-hydrogen) atoms. The molecule has 1 N–H and O–H groups in total. The minimum atomic E-state index is -3.31. The molecule has 0 unspecified atom stereocenters. The topological polar surface area (TPSA) is 66.5 Å². The van der Waals surface area contributed by atoms with E-state index in [4.69, 9.17) is 0 Å². The number of benzene rings is 2. The van der Waals surface area contributed by atoms with Gasteiger partial charge in [-0.25, -0.2) is 8.42 Å². The summed E-state index contributed by atoms with van der Waals surface area (Å²) in [5.74, 6) is -0.254. The molecular formula is C15H15BrN2O3S. The molecule has 0 aliphatic heterocycles. The summed E-state index contributed by atoms with van der Waals surface area (Å²) in [6.07, 6.45) is 1.13. The minimum Gasteiger partial charge on any atom is -0.322 e. The average molecular weight is 383 g/mol. The normalized spacial score (nSPS) is 11.0. The van der Waals surface area contributed by atoms with Gasteiger partial charge in [0.2, 0.25) is 10.0 Å². The Balaban J connectivity index is 2.13. The van der Waals surface area contributed by atoms with Crippen LogP contribution in [0.2, 0.25) is 0 Å². The second kappa shape index (κ2) is 6.50. The Kier molecular flexibility index (Phi) is 4.87. The lowest BCUT2D eigenvalue weighted by Gasteiger charge is -2.16. The molecule has 0 radical (unpaired) electrons. The number of amides is 1. The van der Waals surface area contributed by atoms with Crippen LogP contribution in [-0.4, -0.2) is 27.6 Å². The Bertz CT molecular complexity index is 771. The van der Waals surface area contributed by atoms with Crippen LogP contribution in [0.4, 0.5) is 11.4 Å². The highest BCUT2D eigenvalue weighted by atomic mass is 79.9. The van der Waals surface area contributed by atoms with Crippen molar-refractivity contribution >= 4 is 43.2 Å². The van der Waals surface area contributed by atoms with E-state index in [1.165, 1.54) is 7.05 Å². The molecular weight excluding hydrogens is 368 g/mol. The molecule has 0 heterocycles. The van der Waals surface area contributed by atoms with Crippen molar-refractivity contribution in [3.8, 4) is 0 Å². The van der Waals surface area contributed by atoms with Gasteiger partial charge in [0.25, 0.3) is 5.91 Å². The number of hydrogen-bond acceptors (Lipinski definition) is 3. The van der Waals surface area contributed by atoms with E-state index in [0.717, 1.165) is 15.0 Å². The van der Waals surface area contributed by atoms with Gasteiger partial charge in [-0.15, -0.1) is 0 Å². The molecule has 0 aliphatic rings. The van der Waals surface area contributed by atoms with Crippen LogP contribution in [0, 0.1) is 0 Å². The fraction of sp³-hybridized carbons (Fsp3) is 0.133. The molecule has 116 valence electrons. The maximum absolute atomic E-state index is 12.1. The van der Waals surface area contributed by atoms with Crippen LogP contribution < -0.4 is 9.62 Å². The van der Waals surface area contributed by atoms with Crippen LogP contribution in [0.1, 0.15) is 10.4 Å². The molecule has 0 bridgehead atoms. The zero-order valence-corrected chi connectivity index (χ0v) is 14.5. The number of carbonyl (C=O) groups excluding carboxylic acids is 1. The lowest BCUT2D eigenvalue weighted by atomic mass is 10.2. The third-order valence-corrected chi connectivity index (χ3v) is 4.83. The van der Waals surface area contributed by atoms with Crippen LogP contribution in [0.5, 0.6) is 0 Å². The van der Waals surface area contributed by atoms with E-state index in [9.17, 15) is 13.2 Å². The van der Waals surface area contributed by atoms with Gasteiger partial charge in [0, 0.05) is 22.8 Å². The van der Waals surface area contributed by atoms with Crippen molar-refractivity contribution in [3.63, 3.8) is 0 Å². The molecule has 0 aliphatic carbocycles. The van der Waals surface area contributed by atoms with E-state index in [1.54, 1.807) is 36.4 Å². The van der Waals surface area contributed by atoms with Gasteiger partial charge in [0.1, 0.15) is 0 Å².